The second-order valence-electron chi connectivity index (χ2n) is 4.84. The molecule has 1 aromatic heterocycles. The Kier molecular flexibility index (Phi) is 3.31. The van der Waals surface area contributed by atoms with Gasteiger partial charge in [-0.15, -0.1) is 11.3 Å². The zero-order valence-electron chi connectivity index (χ0n) is 10.7. The molecule has 0 spiro atoms. The fraction of sp³-hybridized carbons (Fsp3) is 0.286. The van der Waals surface area contributed by atoms with Crippen molar-refractivity contribution in [1.29, 1.82) is 0 Å². The Morgan fingerprint density at radius 1 is 1.35 bits per heavy atom. The number of hydrogen-bond donors (Lipinski definition) is 2. The van der Waals surface area contributed by atoms with Gasteiger partial charge >= 0.3 is 12.0 Å². The molecule has 1 fully saturated rings. The summed E-state index contributed by atoms with van der Waals surface area (Å²) in [4.78, 5) is 24.6. The highest BCUT2D eigenvalue weighted by atomic mass is 32.1. The summed E-state index contributed by atoms with van der Waals surface area (Å²) in [5, 5.41) is 14.9. The fourth-order valence-corrected chi connectivity index (χ4v) is 3.30. The molecular formula is C14H14N2O3S. The maximum absolute atomic E-state index is 12.2. The van der Waals surface area contributed by atoms with E-state index in [1.807, 2.05) is 29.6 Å². The van der Waals surface area contributed by atoms with Gasteiger partial charge < -0.3 is 15.3 Å². The SMILES string of the molecule is O=C(O)C1CCN(C(=O)Nc2cccc3ccsc23)C1. The second-order valence-corrected chi connectivity index (χ2v) is 5.76. The Morgan fingerprint density at radius 2 is 2.20 bits per heavy atom. The van der Waals surface area contributed by atoms with E-state index in [0.717, 1.165) is 15.8 Å². The lowest BCUT2D eigenvalue weighted by Crippen LogP contribution is -2.33. The van der Waals surface area contributed by atoms with Gasteiger partial charge in [0.1, 0.15) is 0 Å². The number of urea groups is 1. The number of anilines is 1. The van der Waals surface area contributed by atoms with Gasteiger partial charge in [-0.1, -0.05) is 12.1 Å². The highest BCUT2D eigenvalue weighted by Gasteiger charge is 2.30. The van der Waals surface area contributed by atoms with E-state index in [9.17, 15) is 9.59 Å². The molecule has 2 N–H and O–H groups in total. The van der Waals surface area contributed by atoms with Crippen LogP contribution in [0.1, 0.15) is 6.42 Å². The number of nitrogens with one attached hydrogen (secondary N) is 1. The summed E-state index contributed by atoms with van der Waals surface area (Å²) in [7, 11) is 0. The molecule has 20 heavy (non-hydrogen) atoms. The van der Waals surface area contributed by atoms with Gasteiger partial charge in [-0.2, -0.15) is 0 Å². The smallest absolute Gasteiger partial charge is 0.321 e. The van der Waals surface area contributed by atoms with E-state index < -0.39 is 11.9 Å². The van der Waals surface area contributed by atoms with Crippen molar-refractivity contribution in [3.63, 3.8) is 0 Å². The first kappa shape index (κ1) is 12.9. The molecule has 1 unspecified atom stereocenters. The zero-order chi connectivity index (χ0) is 14.1. The molecule has 3 rings (SSSR count). The molecule has 2 amide bonds. The van der Waals surface area contributed by atoms with Crippen LogP contribution in [0.2, 0.25) is 0 Å². The average Bonchev–Trinajstić information content (AvgIpc) is 3.08. The summed E-state index contributed by atoms with van der Waals surface area (Å²) in [5.74, 6) is -1.28. The van der Waals surface area contributed by atoms with Gasteiger partial charge in [-0.05, 0) is 29.3 Å². The van der Waals surface area contributed by atoms with E-state index in [-0.39, 0.29) is 12.6 Å². The maximum Gasteiger partial charge on any atom is 0.321 e. The number of rotatable bonds is 2. The van der Waals surface area contributed by atoms with Crippen molar-refractivity contribution in [2.45, 2.75) is 6.42 Å². The topological polar surface area (TPSA) is 69.6 Å². The van der Waals surface area contributed by atoms with Crippen LogP contribution in [0.15, 0.2) is 29.6 Å². The molecule has 0 saturated carbocycles. The minimum atomic E-state index is -0.833. The molecule has 0 radical (unpaired) electrons. The lowest BCUT2D eigenvalue weighted by molar-refractivity contribution is -0.141. The van der Waals surface area contributed by atoms with E-state index in [0.29, 0.717) is 13.0 Å². The van der Waals surface area contributed by atoms with Crippen molar-refractivity contribution in [3.05, 3.63) is 29.6 Å². The first-order chi connectivity index (χ1) is 9.65. The number of carbonyl (C=O) groups excluding carboxylic acids is 1. The van der Waals surface area contributed by atoms with E-state index in [2.05, 4.69) is 5.32 Å². The van der Waals surface area contributed by atoms with Crippen molar-refractivity contribution in [3.8, 4) is 0 Å². The first-order valence-electron chi connectivity index (χ1n) is 6.40. The number of fused-ring (bicyclic) bond motifs is 1. The number of amides is 2. The summed E-state index contributed by atoms with van der Waals surface area (Å²) < 4.78 is 1.04. The third kappa shape index (κ3) is 2.34. The predicted octanol–water partition coefficient (Wildman–Crippen LogP) is 2.84. The Morgan fingerprint density at radius 3 is 2.95 bits per heavy atom. The number of carboxylic acid groups (broad SMARTS) is 1. The Balaban J connectivity index is 1.73. The van der Waals surface area contributed by atoms with Crippen LogP contribution >= 0.6 is 11.3 Å². The lowest BCUT2D eigenvalue weighted by atomic mass is 10.1. The van der Waals surface area contributed by atoms with Crippen LogP contribution in [-0.4, -0.2) is 35.1 Å². The predicted molar refractivity (Wildman–Crippen MR) is 78.2 cm³/mol. The van der Waals surface area contributed by atoms with Crippen LogP contribution in [-0.2, 0) is 4.79 Å². The Labute approximate surface area is 119 Å². The van der Waals surface area contributed by atoms with Gasteiger partial charge in [0, 0.05) is 13.1 Å². The molecule has 0 bridgehead atoms. The van der Waals surface area contributed by atoms with Gasteiger partial charge in [0.2, 0.25) is 0 Å². The molecule has 2 aromatic rings. The second kappa shape index (κ2) is 5.13. The highest BCUT2D eigenvalue weighted by molar-refractivity contribution is 7.17. The van der Waals surface area contributed by atoms with Crippen LogP contribution in [0.25, 0.3) is 10.1 Å². The van der Waals surface area contributed by atoms with E-state index in [4.69, 9.17) is 5.11 Å². The first-order valence-corrected chi connectivity index (χ1v) is 7.28. The molecule has 1 saturated heterocycles. The standard InChI is InChI=1S/C14H14N2O3S/c17-13(18)10-4-6-16(8-10)14(19)15-11-3-1-2-9-5-7-20-12(9)11/h1-3,5,7,10H,4,6,8H2,(H,15,19)(H,17,18). The molecule has 0 aliphatic carbocycles. The van der Waals surface area contributed by atoms with E-state index in [1.165, 1.54) is 0 Å². The van der Waals surface area contributed by atoms with Gasteiger partial charge in [-0.3, -0.25) is 4.79 Å². The average molecular weight is 290 g/mol. The van der Waals surface area contributed by atoms with Crippen molar-refractivity contribution < 1.29 is 14.7 Å². The van der Waals surface area contributed by atoms with Crippen molar-refractivity contribution in [2.24, 2.45) is 5.92 Å². The molecular weight excluding hydrogens is 276 g/mol. The van der Waals surface area contributed by atoms with Crippen LogP contribution in [0.5, 0.6) is 0 Å². The molecule has 1 atom stereocenters. The number of nitrogens with zero attached hydrogens (tertiary/aromatic N) is 1. The number of hydrogen-bond acceptors (Lipinski definition) is 3. The number of carboxylic acids is 1. The van der Waals surface area contributed by atoms with Crippen molar-refractivity contribution in [2.75, 3.05) is 18.4 Å². The minimum absolute atomic E-state index is 0.227. The van der Waals surface area contributed by atoms with E-state index in [1.54, 1.807) is 16.2 Å². The summed E-state index contributed by atoms with van der Waals surface area (Å²) in [6.07, 6.45) is 0.520. The largest absolute Gasteiger partial charge is 0.481 e. The van der Waals surface area contributed by atoms with Gasteiger partial charge in [0.15, 0.2) is 0 Å². The number of likely N-dealkylation sites (tertiary alicyclic amines) is 1. The van der Waals surface area contributed by atoms with Crippen LogP contribution in [0.3, 0.4) is 0 Å². The number of carbonyl (C=O) groups is 2. The number of benzene rings is 1. The van der Waals surface area contributed by atoms with Gasteiger partial charge in [-0.25, -0.2) is 4.79 Å². The van der Waals surface area contributed by atoms with Crippen LogP contribution in [0.4, 0.5) is 10.5 Å². The molecule has 6 heteroatoms. The molecule has 104 valence electrons. The van der Waals surface area contributed by atoms with Crippen LogP contribution in [0, 0.1) is 5.92 Å². The summed E-state index contributed by atoms with van der Waals surface area (Å²) in [5.41, 5.74) is 0.779. The fourth-order valence-electron chi connectivity index (χ4n) is 2.43. The van der Waals surface area contributed by atoms with E-state index >= 15 is 0 Å². The molecule has 1 aliphatic heterocycles. The molecule has 2 heterocycles. The van der Waals surface area contributed by atoms with Crippen molar-refractivity contribution >= 4 is 39.1 Å². The summed E-state index contributed by atoms with van der Waals surface area (Å²) in [6.45, 7) is 0.769. The molecule has 1 aliphatic rings. The summed E-state index contributed by atoms with van der Waals surface area (Å²) >= 11 is 1.58. The quantitative estimate of drug-likeness (QED) is 0.893. The number of thiophene rings is 1. The Bertz CT molecular complexity index is 667. The highest BCUT2D eigenvalue weighted by Crippen LogP contribution is 2.29. The van der Waals surface area contributed by atoms with Gasteiger partial charge in [0.05, 0.1) is 16.3 Å². The normalized spacial score (nSPS) is 18.4. The third-order valence-corrected chi connectivity index (χ3v) is 4.51. The van der Waals surface area contributed by atoms with Crippen LogP contribution < -0.4 is 5.32 Å². The van der Waals surface area contributed by atoms with Gasteiger partial charge in [0.25, 0.3) is 0 Å². The minimum Gasteiger partial charge on any atom is -0.481 e. The lowest BCUT2D eigenvalue weighted by Gasteiger charge is -2.17. The monoisotopic (exact) mass is 290 g/mol. The van der Waals surface area contributed by atoms with Crippen molar-refractivity contribution in [1.82, 2.24) is 4.90 Å². The zero-order valence-corrected chi connectivity index (χ0v) is 11.5. The third-order valence-electron chi connectivity index (χ3n) is 3.55. The number of aliphatic carboxylic acids is 1. The maximum atomic E-state index is 12.2. The molecule has 5 nitrogen and oxygen atoms in total. The Hall–Kier alpha value is -2.08. The summed E-state index contributed by atoms with van der Waals surface area (Å²) in [6, 6.07) is 7.54. The molecule has 1 aromatic carbocycles.